The molecule has 0 bridgehead atoms. The van der Waals surface area contributed by atoms with Crippen LogP contribution in [0.15, 0.2) is 0 Å². The van der Waals surface area contributed by atoms with E-state index in [-0.39, 0.29) is 17.6 Å². The molecule has 20 heavy (non-hydrogen) atoms. The van der Waals surface area contributed by atoms with Crippen LogP contribution >= 0.6 is 0 Å². The second-order valence-corrected chi connectivity index (χ2v) is 5.64. The molecule has 0 radical (unpaired) electrons. The molecule has 1 aliphatic rings. The lowest BCUT2D eigenvalue weighted by Crippen LogP contribution is -2.38. The van der Waals surface area contributed by atoms with Crippen molar-refractivity contribution in [1.82, 2.24) is 9.88 Å². The van der Waals surface area contributed by atoms with Crippen molar-refractivity contribution in [3.63, 3.8) is 0 Å². The number of rotatable bonds is 3. The number of aromatic nitrogens is 1. The third-order valence-electron chi connectivity index (χ3n) is 4.31. The first-order valence-electron chi connectivity index (χ1n) is 7.13. The third kappa shape index (κ3) is 2.57. The quantitative estimate of drug-likeness (QED) is 0.892. The molecule has 0 atom stereocenters. The molecule has 1 aromatic rings. The smallest absolute Gasteiger partial charge is 0.352 e. The van der Waals surface area contributed by atoms with E-state index in [4.69, 9.17) is 5.11 Å². The first-order valence-corrected chi connectivity index (χ1v) is 7.13. The predicted molar refractivity (Wildman–Crippen MR) is 76.2 cm³/mol. The number of carboxylic acid groups (broad SMARTS) is 1. The molecule has 0 unspecified atom stereocenters. The topological polar surface area (TPSA) is 73.4 Å². The van der Waals surface area contributed by atoms with Crippen LogP contribution in [0.25, 0.3) is 0 Å². The van der Waals surface area contributed by atoms with Crippen molar-refractivity contribution < 1.29 is 14.7 Å². The monoisotopic (exact) mass is 278 g/mol. The van der Waals surface area contributed by atoms with E-state index in [1.165, 1.54) is 6.42 Å². The van der Waals surface area contributed by atoms with Gasteiger partial charge in [-0.3, -0.25) is 4.79 Å². The van der Waals surface area contributed by atoms with Gasteiger partial charge >= 0.3 is 5.97 Å². The summed E-state index contributed by atoms with van der Waals surface area (Å²) < 4.78 is 0. The molecule has 5 nitrogen and oxygen atoms in total. The van der Waals surface area contributed by atoms with Gasteiger partial charge in [-0.25, -0.2) is 4.79 Å². The van der Waals surface area contributed by atoms with E-state index in [1.807, 2.05) is 7.05 Å². The summed E-state index contributed by atoms with van der Waals surface area (Å²) in [6, 6.07) is 0.276. The van der Waals surface area contributed by atoms with Crippen LogP contribution in [0.4, 0.5) is 0 Å². The number of aromatic amines is 1. The number of hydrogen-bond acceptors (Lipinski definition) is 2. The van der Waals surface area contributed by atoms with E-state index in [9.17, 15) is 9.59 Å². The predicted octanol–water partition coefficient (Wildman–Crippen LogP) is 2.73. The van der Waals surface area contributed by atoms with Gasteiger partial charge in [-0.1, -0.05) is 19.3 Å². The van der Waals surface area contributed by atoms with E-state index >= 15 is 0 Å². The highest BCUT2D eigenvalue weighted by Crippen LogP contribution is 2.25. The average molecular weight is 278 g/mol. The zero-order valence-corrected chi connectivity index (χ0v) is 12.3. The lowest BCUT2D eigenvalue weighted by atomic mass is 9.94. The van der Waals surface area contributed by atoms with Crippen LogP contribution < -0.4 is 0 Å². The molecule has 0 spiro atoms. The fraction of sp³-hybridized carbons (Fsp3) is 0.600. The number of H-pyrrole nitrogens is 1. The van der Waals surface area contributed by atoms with Gasteiger partial charge in [0.15, 0.2) is 0 Å². The Morgan fingerprint density at radius 1 is 1.20 bits per heavy atom. The first kappa shape index (κ1) is 14.6. The highest BCUT2D eigenvalue weighted by Gasteiger charge is 2.28. The van der Waals surface area contributed by atoms with Gasteiger partial charge in [0.25, 0.3) is 5.91 Å². The fourth-order valence-corrected chi connectivity index (χ4v) is 3.10. The molecule has 2 N–H and O–H groups in total. The Balaban J connectivity index is 2.26. The Labute approximate surface area is 119 Å². The number of hydrogen-bond donors (Lipinski definition) is 2. The molecular weight excluding hydrogens is 256 g/mol. The van der Waals surface area contributed by atoms with Crippen LogP contribution in [0.2, 0.25) is 0 Å². The number of nitrogens with zero attached hydrogens (tertiary/aromatic N) is 1. The van der Waals surface area contributed by atoms with Crippen LogP contribution in [-0.4, -0.2) is 40.0 Å². The number of amides is 1. The normalized spacial score (nSPS) is 16.1. The van der Waals surface area contributed by atoms with Gasteiger partial charge in [0.05, 0.1) is 5.56 Å². The Bertz CT molecular complexity index is 527. The number of carboxylic acids is 1. The number of aromatic carboxylic acids is 1. The summed E-state index contributed by atoms with van der Waals surface area (Å²) in [7, 11) is 1.82. The third-order valence-corrected chi connectivity index (χ3v) is 4.31. The second-order valence-electron chi connectivity index (χ2n) is 5.64. The van der Waals surface area contributed by atoms with Gasteiger partial charge < -0.3 is 15.0 Å². The van der Waals surface area contributed by atoms with Crippen LogP contribution in [-0.2, 0) is 0 Å². The minimum atomic E-state index is -1.02. The fourth-order valence-electron chi connectivity index (χ4n) is 3.10. The molecular formula is C15H22N2O3. The van der Waals surface area contributed by atoms with Crippen LogP contribution in [0.3, 0.4) is 0 Å². The maximum atomic E-state index is 12.6. The van der Waals surface area contributed by atoms with E-state index < -0.39 is 5.97 Å². The molecule has 1 aliphatic carbocycles. The van der Waals surface area contributed by atoms with Crippen molar-refractivity contribution in [2.24, 2.45) is 0 Å². The van der Waals surface area contributed by atoms with E-state index in [1.54, 1.807) is 18.7 Å². The summed E-state index contributed by atoms with van der Waals surface area (Å²) >= 11 is 0. The molecule has 0 aliphatic heterocycles. The minimum absolute atomic E-state index is 0.0735. The molecule has 110 valence electrons. The van der Waals surface area contributed by atoms with E-state index in [2.05, 4.69) is 4.98 Å². The number of carbonyl (C=O) groups excluding carboxylic acids is 1. The molecule has 5 heteroatoms. The Kier molecular flexibility index (Phi) is 4.16. The van der Waals surface area contributed by atoms with Gasteiger partial charge in [0.1, 0.15) is 5.69 Å². The Morgan fingerprint density at radius 3 is 2.30 bits per heavy atom. The zero-order valence-electron chi connectivity index (χ0n) is 12.3. The highest BCUT2D eigenvalue weighted by molar-refractivity contribution is 6.00. The van der Waals surface area contributed by atoms with Crippen LogP contribution in [0.1, 0.15) is 64.2 Å². The van der Waals surface area contributed by atoms with Crippen molar-refractivity contribution in [2.45, 2.75) is 52.0 Å². The van der Waals surface area contributed by atoms with Crippen molar-refractivity contribution in [1.29, 1.82) is 0 Å². The maximum Gasteiger partial charge on any atom is 0.352 e. The van der Waals surface area contributed by atoms with Gasteiger partial charge in [-0.2, -0.15) is 0 Å². The summed E-state index contributed by atoms with van der Waals surface area (Å²) in [6.07, 6.45) is 5.64. The summed E-state index contributed by atoms with van der Waals surface area (Å²) in [6.45, 7) is 3.44. The van der Waals surface area contributed by atoms with Crippen LogP contribution in [0, 0.1) is 13.8 Å². The minimum Gasteiger partial charge on any atom is -0.477 e. The van der Waals surface area contributed by atoms with Crippen LogP contribution in [0.5, 0.6) is 0 Å². The summed E-state index contributed by atoms with van der Waals surface area (Å²) in [4.78, 5) is 28.3. The molecule has 1 saturated carbocycles. The highest BCUT2D eigenvalue weighted by atomic mass is 16.4. The largest absolute Gasteiger partial charge is 0.477 e. The molecule has 1 aromatic heterocycles. The van der Waals surface area contributed by atoms with Crippen molar-refractivity contribution in [3.8, 4) is 0 Å². The van der Waals surface area contributed by atoms with Crippen molar-refractivity contribution in [3.05, 3.63) is 22.5 Å². The molecule has 0 aromatic carbocycles. The van der Waals surface area contributed by atoms with Gasteiger partial charge in [-0.15, -0.1) is 0 Å². The summed E-state index contributed by atoms with van der Waals surface area (Å²) in [5.74, 6) is -1.10. The first-order chi connectivity index (χ1) is 9.43. The van der Waals surface area contributed by atoms with Crippen molar-refractivity contribution >= 4 is 11.9 Å². The summed E-state index contributed by atoms with van der Waals surface area (Å²) in [5.41, 5.74) is 1.79. The van der Waals surface area contributed by atoms with Gasteiger partial charge in [0.2, 0.25) is 0 Å². The molecule has 0 saturated heterocycles. The van der Waals surface area contributed by atoms with E-state index in [0.717, 1.165) is 25.7 Å². The average Bonchev–Trinajstić information content (AvgIpc) is 2.73. The second kappa shape index (κ2) is 5.69. The lowest BCUT2D eigenvalue weighted by molar-refractivity contribution is 0.0688. The van der Waals surface area contributed by atoms with Crippen molar-refractivity contribution in [2.75, 3.05) is 7.05 Å². The Hall–Kier alpha value is -1.78. The van der Waals surface area contributed by atoms with E-state index in [0.29, 0.717) is 16.8 Å². The Morgan fingerprint density at radius 2 is 1.80 bits per heavy atom. The lowest BCUT2D eigenvalue weighted by Gasteiger charge is -2.31. The SMILES string of the molecule is Cc1[nH]c(C(=O)O)c(C)c1C(=O)N(C)C1CCCCC1. The standard InChI is InChI=1S/C15H22N2O3/c1-9-12(10(2)16-13(9)15(19)20)14(18)17(3)11-7-5-4-6-8-11/h11,16H,4-8H2,1-3H3,(H,19,20). The molecule has 1 amide bonds. The maximum absolute atomic E-state index is 12.6. The van der Waals surface area contributed by atoms with Gasteiger partial charge in [-0.05, 0) is 32.3 Å². The molecule has 2 rings (SSSR count). The number of carbonyl (C=O) groups is 2. The van der Waals surface area contributed by atoms with Gasteiger partial charge in [0, 0.05) is 18.8 Å². The number of aryl methyl sites for hydroxylation is 1. The molecule has 1 fully saturated rings. The zero-order chi connectivity index (χ0) is 14.9. The number of nitrogens with one attached hydrogen (secondary N) is 1. The summed E-state index contributed by atoms with van der Waals surface area (Å²) in [5, 5.41) is 9.12. The molecule has 1 heterocycles.